The summed E-state index contributed by atoms with van der Waals surface area (Å²) in [5.41, 5.74) is 2.55. The Labute approximate surface area is 160 Å². The number of ether oxygens (including phenoxy) is 1. The van der Waals surface area contributed by atoms with E-state index in [1.54, 1.807) is 36.3 Å². The van der Waals surface area contributed by atoms with Crippen molar-refractivity contribution in [2.75, 3.05) is 12.9 Å². The van der Waals surface area contributed by atoms with E-state index in [4.69, 9.17) is 16.3 Å². The van der Waals surface area contributed by atoms with Crippen molar-refractivity contribution in [3.05, 3.63) is 69.8 Å². The molecule has 0 aliphatic rings. The van der Waals surface area contributed by atoms with E-state index in [1.165, 1.54) is 0 Å². The smallest absolute Gasteiger partial charge is 0.189 e. The van der Waals surface area contributed by atoms with Gasteiger partial charge in [0, 0.05) is 21.5 Å². The van der Waals surface area contributed by atoms with Gasteiger partial charge in [-0.15, -0.1) is 23.1 Å². The third-order valence-corrected chi connectivity index (χ3v) is 6.34. The first-order chi connectivity index (χ1) is 12.1. The molecule has 0 atom stereocenters. The molecular formula is C20H17ClO2S2. The zero-order chi connectivity index (χ0) is 17.8. The van der Waals surface area contributed by atoms with E-state index in [-0.39, 0.29) is 5.43 Å². The van der Waals surface area contributed by atoms with Gasteiger partial charge in [0.05, 0.1) is 16.9 Å². The van der Waals surface area contributed by atoms with E-state index in [0.29, 0.717) is 5.02 Å². The van der Waals surface area contributed by atoms with E-state index in [1.807, 2.05) is 48.5 Å². The summed E-state index contributed by atoms with van der Waals surface area (Å²) in [6.07, 6.45) is 0. The molecule has 25 heavy (non-hydrogen) atoms. The number of thioether (sulfide) groups is 1. The monoisotopic (exact) mass is 388 g/mol. The lowest BCUT2D eigenvalue weighted by Crippen LogP contribution is -2.04. The lowest BCUT2D eigenvalue weighted by atomic mass is 10.1. The van der Waals surface area contributed by atoms with Crippen LogP contribution in [0.2, 0.25) is 5.02 Å². The summed E-state index contributed by atoms with van der Waals surface area (Å²) >= 11 is 9.60. The predicted molar refractivity (Wildman–Crippen MR) is 109 cm³/mol. The molecule has 0 bridgehead atoms. The number of benzene rings is 2. The maximum absolute atomic E-state index is 12.9. The molecule has 0 saturated carbocycles. The van der Waals surface area contributed by atoms with Crippen LogP contribution >= 0.6 is 34.7 Å². The van der Waals surface area contributed by atoms with E-state index in [2.05, 4.69) is 6.92 Å². The first-order valence-electron chi connectivity index (χ1n) is 7.84. The number of hydrogen-bond acceptors (Lipinski definition) is 4. The number of halogens is 1. The van der Waals surface area contributed by atoms with Crippen LogP contribution in [0.1, 0.15) is 6.92 Å². The lowest BCUT2D eigenvalue weighted by molar-refractivity contribution is 0.415. The fourth-order valence-corrected chi connectivity index (χ4v) is 5.27. The van der Waals surface area contributed by atoms with Gasteiger partial charge >= 0.3 is 0 Å². The van der Waals surface area contributed by atoms with Crippen molar-refractivity contribution in [3.8, 4) is 27.3 Å². The van der Waals surface area contributed by atoms with Gasteiger partial charge in [0.1, 0.15) is 5.75 Å². The molecule has 2 aromatic carbocycles. The third-order valence-electron chi connectivity index (χ3n) is 3.71. The van der Waals surface area contributed by atoms with Crippen molar-refractivity contribution in [2.24, 2.45) is 0 Å². The minimum atomic E-state index is 0.00906. The van der Waals surface area contributed by atoms with Gasteiger partial charge in [-0.1, -0.05) is 48.9 Å². The number of hydrogen-bond donors (Lipinski definition) is 0. The van der Waals surface area contributed by atoms with Gasteiger partial charge in [-0.05, 0) is 29.5 Å². The van der Waals surface area contributed by atoms with E-state index < -0.39 is 0 Å². The van der Waals surface area contributed by atoms with Crippen molar-refractivity contribution >= 4 is 34.7 Å². The highest BCUT2D eigenvalue weighted by atomic mass is 35.5. The Hall–Kier alpha value is -1.75. The topological polar surface area (TPSA) is 26.3 Å². The quantitative estimate of drug-likeness (QED) is 0.485. The normalized spacial score (nSPS) is 10.7. The lowest BCUT2D eigenvalue weighted by Gasteiger charge is -2.11. The largest absolute Gasteiger partial charge is 0.497 e. The van der Waals surface area contributed by atoms with Crippen molar-refractivity contribution in [1.82, 2.24) is 0 Å². The summed E-state index contributed by atoms with van der Waals surface area (Å²) in [4.78, 5) is 13.8. The first kappa shape index (κ1) is 18.1. The Bertz CT molecular complexity index is 933. The van der Waals surface area contributed by atoms with Gasteiger partial charge in [0.2, 0.25) is 0 Å². The van der Waals surface area contributed by atoms with E-state index in [0.717, 1.165) is 37.3 Å². The average molecular weight is 389 g/mol. The second-order valence-corrected chi connectivity index (χ2v) is 8.27. The summed E-state index contributed by atoms with van der Waals surface area (Å²) in [6.45, 7) is 2.09. The maximum Gasteiger partial charge on any atom is 0.189 e. The zero-order valence-electron chi connectivity index (χ0n) is 13.9. The van der Waals surface area contributed by atoms with Gasteiger partial charge in [0.15, 0.2) is 5.43 Å². The standard InChI is InChI=1S/C20H17ClO2S2/c1-3-24-20-19(13-8-10-14(23-2)11-9-13)17(22)12-18(25-20)15-6-4-5-7-16(15)21/h4-12H,3H2,1-2H3. The van der Waals surface area contributed by atoms with Crippen LogP contribution in [0.4, 0.5) is 0 Å². The van der Waals surface area contributed by atoms with Gasteiger partial charge < -0.3 is 4.74 Å². The molecule has 1 heterocycles. The van der Waals surface area contributed by atoms with E-state index >= 15 is 0 Å². The van der Waals surface area contributed by atoms with Gasteiger partial charge in [-0.3, -0.25) is 4.79 Å². The van der Waals surface area contributed by atoms with Gasteiger partial charge in [0.25, 0.3) is 0 Å². The molecule has 0 spiro atoms. The molecule has 0 unspecified atom stereocenters. The highest BCUT2D eigenvalue weighted by Crippen LogP contribution is 2.39. The third kappa shape index (κ3) is 3.92. The second-order valence-electron chi connectivity index (χ2n) is 5.28. The van der Waals surface area contributed by atoms with Crippen LogP contribution in [0.25, 0.3) is 21.6 Å². The molecule has 128 valence electrons. The molecule has 0 aliphatic carbocycles. The average Bonchev–Trinajstić information content (AvgIpc) is 2.62. The highest BCUT2D eigenvalue weighted by molar-refractivity contribution is 8.01. The van der Waals surface area contributed by atoms with Gasteiger partial charge in [-0.2, -0.15) is 0 Å². The van der Waals surface area contributed by atoms with Crippen LogP contribution in [0.3, 0.4) is 0 Å². The van der Waals surface area contributed by atoms with Crippen molar-refractivity contribution < 1.29 is 4.74 Å². The molecule has 0 fully saturated rings. The van der Waals surface area contributed by atoms with Crippen molar-refractivity contribution in [2.45, 2.75) is 11.1 Å². The highest BCUT2D eigenvalue weighted by Gasteiger charge is 2.15. The van der Waals surface area contributed by atoms with Crippen molar-refractivity contribution in [3.63, 3.8) is 0 Å². The molecule has 0 saturated heterocycles. The molecule has 0 amide bonds. The fraction of sp³-hybridized carbons (Fsp3) is 0.150. The Balaban J connectivity index is 2.16. The van der Waals surface area contributed by atoms with Crippen LogP contribution in [0.15, 0.2) is 63.6 Å². The predicted octanol–water partition coefficient (Wildman–Crippen LogP) is 6.22. The molecule has 3 rings (SSSR count). The molecule has 3 aromatic rings. The molecule has 0 N–H and O–H groups in total. The number of rotatable bonds is 5. The zero-order valence-corrected chi connectivity index (χ0v) is 16.3. The minimum absolute atomic E-state index is 0.00906. The Morgan fingerprint density at radius 1 is 1.12 bits per heavy atom. The molecule has 0 aliphatic heterocycles. The van der Waals surface area contributed by atoms with Crippen LogP contribution < -0.4 is 10.2 Å². The van der Waals surface area contributed by atoms with Crippen LogP contribution in [0, 0.1) is 0 Å². The Kier molecular flexibility index (Phi) is 5.84. The van der Waals surface area contributed by atoms with Crippen molar-refractivity contribution in [1.29, 1.82) is 0 Å². The minimum Gasteiger partial charge on any atom is -0.497 e. The number of methoxy groups -OCH3 is 1. The molecule has 1 aromatic heterocycles. The summed E-state index contributed by atoms with van der Waals surface area (Å²) in [5, 5.41) is 0.655. The van der Waals surface area contributed by atoms with Crippen LogP contribution in [0.5, 0.6) is 5.75 Å². The molecule has 2 nitrogen and oxygen atoms in total. The van der Waals surface area contributed by atoms with Crippen LogP contribution in [-0.4, -0.2) is 12.9 Å². The summed E-state index contributed by atoms with van der Waals surface area (Å²) in [6, 6.07) is 16.9. The summed E-state index contributed by atoms with van der Waals surface area (Å²) in [7, 11) is 1.63. The Morgan fingerprint density at radius 2 is 1.84 bits per heavy atom. The molecular weight excluding hydrogens is 372 g/mol. The SMILES string of the molecule is CCSc1sc(-c2ccccc2Cl)cc(=O)c1-c1ccc(OC)cc1. The first-order valence-corrected chi connectivity index (χ1v) is 10.0. The molecule has 0 radical (unpaired) electrons. The van der Waals surface area contributed by atoms with Gasteiger partial charge in [-0.25, -0.2) is 0 Å². The molecule has 5 heteroatoms. The summed E-state index contributed by atoms with van der Waals surface area (Å²) < 4.78 is 6.22. The second kappa shape index (κ2) is 8.09. The van der Waals surface area contributed by atoms with E-state index in [9.17, 15) is 4.79 Å². The maximum atomic E-state index is 12.9. The Morgan fingerprint density at radius 3 is 2.48 bits per heavy atom. The fourth-order valence-electron chi connectivity index (χ4n) is 2.52. The van der Waals surface area contributed by atoms with Crippen LogP contribution in [-0.2, 0) is 0 Å². The summed E-state index contributed by atoms with van der Waals surface area (Å²) in [5.74, 6) is 1.67.